The number of carbonyl (C=O) groups is 1. The SMILES string of the molecule is COCC(=O)Nc1ccc(N2CCCCC2)c2ccncc12. The van der Waals surface area contributed by atoms with E-state index in [0.29, 0.717) is 0 Å². The van der Waals surface area contributed by atoms with E-state index in [-0.39, 0.29) is 12.5 Å². The number of piperidine rings is 1. The van der Waals surface area contributed by atoms with Gasteiger partial charge >= 0.3 is 0 Å². The summed E-state index contributed by atoms with van der Waals surface area (Å²) in [7, 11) is 1.51. The molecule has 2 heterocycles. The normalized spacial score (nSPS) is 15.0. The fourth-order valence-corrected chi connectivity index (χ4v) is 3.01. The first-order valence-corrected chi connectivity index (χ1v) is 7.70. The Balaban J connectivity index is 1.97. The largest absolute Gasteiger partial charge is 0.375 e. The Bertz CT molecular complexity index is 666. The predicted molar refractivity (Wildman–Crippen MR) is 88.3 cm³/mol. The van der Waals surface area contributed by atoms with Gasteiger partial charge in [0.25, 0.3) is 0 Å². The van der Waals surface area contributed by atoms with Crippen molar-refractivity contribution in [2.24, 2.45) is 0 Å². The highest BCUT2D eigenvalue weighted by Gasteiger charge is 2.15. The monoisotopic (exact) mass is 299 g/mol. The molecule has 1 aliphatic rings. The van der Waals surface area contributed by atoms with E-state index >= 15 is 0 Å². The Morgan fingerprint density at radius 1 is 1.23 bits per heavy atom. The van der Waals surface area contributed by atoms with Gasteiger partial charge in [-0.1, -0.05) is 0 Å². The molecule has 116 valence electrons. The number of amides is 1. The smallest absolute Gasteiger partial charge is 0.250 e. The zero-order chi connectivity index (χ0) is 15.4. The average Bonchev–Trinajstić information content (AvgIpc) is 2.56. The Kier molecular flexibility index (Phi) is 4.53. The van der Waals surface area contributed by atoms with Crippen molar-refractivity contribution in [2.45, 2.75) is 19.3 Å². The van der Waals surface area contributed by atoms with Gasteiger partial charge in [-0.3, -0.25) is 9.78 Å². The van der Waals surface area contributed by atoms with Crippen LogP contribution in [0.15, 0.2) is 30.6 Å². The summed E-state index contributed by atoms with van der Waals surface area (Å²) in [4.78, 5) is 18.4. The van der Waals surface area contributed by atoms with Crippen molar-refractivity contribution in [3.05, 3.63) is 30.6 Å². The van der Waals surface area contributed by atoms with Gasteiger partial charge in [0, 0.05) is 49.1 Å². The molecular weight excluding hydrogens is 278 g/mol. The maximum Gasteiger partial charge on any atom is 0.250 e. The summed E-state index contributed by atoms with van der Waals surface area (Å²) in [5.41, 5.74) is 2.01. The standard InChI is InChI=1S/C17H21N3O2/c1-22-12-17(21)19-15-5-6-16(20-9-3-2-4-10-20)13-7-8-18-11-14(13)15/h5-8,11H,2-4,9-10,12H2,1H3,(H,19,21). The van der Waals surface area contributed by atoms with E-state index in [9.17, 15) is 4.79 Å². The molecule has 0 spiro atoms. The van der Waals surface area contributed by atoms with Gasteiger partial charge in [0.2, 0.25) is 5.91 Å². The van der Waals surface area contributed by atoms with Crippen molar-refractivity contribution in [3.63, 3.8) is 0 Å². The van der Waals surface area contributed by atoms with Gasteiger partial charge in [0.1, 0.15) is 6.61 Å². The third-order valence-corrected chi connectivity index (χ3v) is 4.04. The van der Waals surface area contributed by atoms with Crippen LogP contribution in [0.1, 0.15) is 19.3 Å². The number of benzene rings is 1. The van der Waals surface area contributed by atoms with Crippen LogP contribution in [0.2, 0.25) is 0 Å². The van der Waals surface area contributed by atoms with Crippen molar-refractivity contribution in [1.29, 1.82) is 0 Å². The molecule has 0 unspecified atom stereocenters. The van der Waals surface area contributed by atoms with Crippen LogP contribution in [0, 0.1) is 0 Å². The van der Waals surface area contributed by atoms with Gasteiger partial charge < -0.3 is 15.0 Å². The van der Waals surface area contributed by atoms with Crippen LogP contribution in [-0.2, 0) is 9.53 Å². The first-order valence-electron chi connectivity index (χ1n) is 7.70. The lowest BCUT2D eigenvalue weighted by molar-refractivity contribution is -0.119. The van der Waals surface area contributed by atoms with Crippen LogP contribution < -0.4 is 10.2 Å². The minimum atomic E-state index is -0.154. The van der Waals surface area contributed by atoms with E-state index in [4.69, 9.17) is 4.74 Å². The van der Waals surface area contributed by atoms with E-state index in [2.05, 4.69) is 21.3 Å². The molecule has 1 N–H and O–H groups in total. The van der Waals surface area contributed by atoms with Crippen molar-refractivity contribution in [1.82, 2.24) is 4.98 Å². The zero-order valence-corrected chi connectivity index (χ0v) is 12.8. The van der Waals surface area contributed by atoms with Gasteiger partial charge in [-0.15, -0.1) is 0 Å². The molecule has 0 radical (unpaired) electrons. The third kappa shape index (κ3) is 3.04. The Morgan fingerprint density at radius 2 is 2.05 bits per heavy atom. The zero-order valence-electron chi connectivity index (χ0n) is 12.8. The fraction of sp³-hybridized carbons (Fsp3) is 0.412. The summed E-state index contributed by atoms with van der Waals surface area (Å²) in [6.07, 6.45) is 7.39. The van der Waals surface area contributed by atoms with Crippen LogP contribution in [-0.4, -0.2) is 37.7 Å². The first-order chi connectivity index (χ1) is 10.8. The van der Waals surface area contributed by atoms with E-state index in [1.54, 1.807) is 6.20 Å². The minimum absolute atomic E-state index is 0.0512. The van der Waals surface area contributed by atoms with E-state index in [0.717, 1.165) is 29.5 Å². The van der Waals surface area contributed by atoms with Gasteiger partial charge in [-0.2, -0.15) is 0 Å². The second kappa shape index (κ2) is 6.75. The summed E-state index contributed by atoms with van der Waals surface area (Å²) in [5, 5.41) is 4.99. The summed E-state index contributed by atoms with van der Waals surface area (Å²) >= 11 is 0. The highest BCUT2D eigenvalue weighted by atomic mass is 16.5. The van der Waals surface area contributed by atoms with Crippen molar-refractivity contribution >= 4 is 28.1 Å². The first kappa shape index (κ1) is 14.8. The molecule has 0 bridgehead atoms. The molecule has 1 amide bonds. The highest BCUT2D eigenvalue weighted by Crippen LogP contribution is 2.33. The highest BCUT2D eigenvalue weighted by molar-refractivity contribution is 6.06. The lowest BCUT2D eigenvalue weighted by Crippen LogP contribution is -2.29. The van der Waals surface area contributed by atoms with E-state index < -0.39 is 0 Å². The Hall–Kier alpha value is -2.14. The van der Waals surface area contributed by atoms with Gasteiger partial charge in [-0.25, -0.2) is 0 Å². The third-order valence-electron chi connectivity index (χ3n) is 4.04. The summed E-state index contributed by atoms with van der Waals surface area (Å²) in [6, 6.07) is 6.07. The molecule has 1 aromatic heterocycles. The fourth-order valence-electron chi connectivity index (χ4n) is 3.01. The number of anilines is 2. The number of fused-ring (bicyclic) bond motifs is 1. The van der Waals surface area contributed by atoms with Crippen LogP contribution in [0.5, 0.6) is 0 Å². The molecule has 5 nitrogen and oxygen atoms in total. The van der Waals surface area contributed by atoms with Gasteiger partial charge in [-0.05, 0) is 37.5 Å². The lowest BCUT2D eigenvalue weighted by atomic mass is 10.1. The molecule has 1 saturated heterocycles. The number of aromatic nitrogens is 1. The van der Waals surface area contributed by atoms with Gasteiger partial charge in [0.15, 0.2) is 0 Å². The number of carbonyl (C=O) groups excluding carboxylic acids is 1. The molecule has 1 fully saturated rings. The number of nitrogens with one attached hydrogen (secondary N) is 1. The molecule has 3 rings (SSSR count). The predicted octanol–water partition coefficient (Wildman–Crippen LogP) is 2.81. The Morgan fingerprint density at radius 3 is 2.82 bits per heavy atom. The van der Waals surface area contributed by atoms with Gasteiger partial charge in [0.05, 0.1) is 5.69 Å². The van der Waals surface area contributed by atoms with Crippen molar-refractivity contribution < 1.29 is 9.53 Å². The van der Waals surface area contributed by atoms with Crippen LogP contribution in [0.4, 0.5) is 11.4 Å². The van der Waals surface area contributed by atoms with E-state index in [1.165, 1.54) is 32.1 Å². The second-order valence-corrected chi connectivity index (χ2v) is 5.58. The number of hydrogen-bond donors (Lipinski definition) is 1. The minimum Gasteiger partial charge on any atom is -0.375 e. The number of hydrogen-bond acceptors (Lipinski definition) is 4. The van der Waals surface area contributed by atoms with Crippen LogP contribution >= 0.6 is 0 Å². The summed E-state index contributed by atoms with van der Waals surface area (Å²) in [5.74, 6) is -0.154. The molecule has 1 aromatic carbocycles. The molecule has 0 atom stereocenters. The lowest BCUT2D eigenvalue weighted by Gasteiger charge is -2.30. The maximum absolute atomic E-state index is 11.8. The topological polar surface area (TPSA) is 54.5 Å². The quantitative estimate of drug-likeness (QED) is 0.943. The number of pyridine rings is 1. The molecule has 5 heteroatoms. The van der Waals surface area contributed by atoms with Crippen LogP contribution in [0.25, 0.3) is 10.8 Å². The molecular formula is C17H21N3O2. The van der Waals surface area contributed by atoms with E-state index in [1.807, 2.05) is 18.3 Å². The number of nitrogens with zero attached hydrogens (tertiary/aromatic N) is 2. The number of rotatable bonds is 4. The maximum atomic E-state index is 11.8. The molecule has 0 aliphatic carbocycles. The molecule has 22 heavy (non-hydrogen) atoms. The van der Waals surface area contributed by atoms with Crippen molar-refractivity contribution in [3.8, 4) is 0 Å². The number of ether oxygens (including phenoxy) is 1. The molecule has 2 aromatic rings. The Labute approximate surface area is 130 Å². The average molecular weight is 299 g/mol. The molecule has 0 saturated carbocycles. The number of methoxy groups -OCH3 is 1. The second-order valence-electron chi connectivity index (χ2n) is 5.58. The molecule has 1 aliphatic heterocycles. The summed E-state index contributed by atoms with van der Waals surface area (Å²) in [6.45, 7) is 2.23. The van der Waals surface area contributed by atoms with Crippen LogP contribution in [0.3, 0.4) is 0 Å². The summed E-state index contributed by atoms with van der Waals surface area (Å²) < 4.78 is 4.87. The van der Waals surface area contributed by atoms with Crippen molar-refractivity contribution in [2.75, 3.05) is 37.0 Å².